The van der Waals surface area contributed by atoms with E-state index in [4.69, 9.17) is 18.3 Å². The molecule has 0 radical (unpaired) electrons. The fourth-order valence-electron chi connectivity index (χ4n) is 3.19. The van der Waals surface area contributed by atoms with Crippen molar-refractivity contribution in [3.8, 4) is 23.0 Å². The number of aromatic nitrogens is 1. The molecule has 3 heterocycles. The maximum Gasteiger partial charge on any atom is 0.234 e. The Morgan fingerprint density at radius 1 is 0.935 bits per heavy atom. The van der Waals surface area contributed by atoms with Gasteiger partial charge in [0.25, 0.3) is 0 Å². The van der Waals surface area contributed by atoms with Crippen LogP contribution in [0.1, 0.15) is 5.76 Å². The Balaban J connectivity index is 1.56. The van der Waals surface area contributed by atoms with Crippen LogP contribution in [0.2, 0.25) is 0 Å². The fourth-order valence-corrected chi connectivity index (χ4v) is 4.48. The van der Waals surface area contributed by atoms with Crippen LogP contribution in [0.3, 0.4) is 0 Å². The molecule has 158 valence electrons. The van der Waals surface area contributed by atoms with E-state index in [1.807, 2.05) is 18.2 Å². The van der Waals surface area contributed by atoms with Gasteiger partial charge in [-0.1, -0.05) is 18.2 Å². The number of furan rings is 1. The molecule has 1 aliphatic heterocycles. The minimum Gasteiger partial charge on any atom is -0.486 e. The van der Waals surface area contributed by atoms with Crippen molar-refractivity contribution in [1.82, 2.24) is 4.98 Å². The van der Waals surface area contributed by atoms with Crippen molar-refractivity contribution in [1.29, 1.82) is 0 Å². The number of sulfone groups is 1. The van der Waals surface area contributed by atoms with E-state index in [1.165, 1.54) is 12.1 Å². The molecule has 0 amide bonds. The van der Waals surface area contributed by atoms with Gasteiger partial charge in [0.1, 0.15) is 19.0 Å². The molecule has 8 nitrogen and oxygen atoms in total. The third kappa shape index (κ3) is 3.75. The number of hydrogen-bond donors (Lipinski definition) is 1. The smallest absolute Gasteiger partial charge is 0.234 e. The number of anilines is 1. The van der Waals surface area contributed by atoms with Crippen molar-refractivity contribution >= 4 is 15.7 Å². The number of oxazole rings is 1. The molecule has 1 N–H and O–H groups in total. The van der Waals surface area contributed by atoms with Crippen molar-refractivity contribution in [2.75, 3.05) is 18.5 Å². The average Bonchev–Trinajstić information content (AvgIpc) is 3.48. The van der Waals surface area contributed by atoms with E-state index in [2.05, 4.69) is 10.3 Å². The van der Waals surface area contributed by atoms with Gasteiger partial charge in [-0.3, -0.25) is 0 Å². The topological polar surface area (TPSA) is 104 Å². The van der Waals surface area contributed by atoms with E-state index in [0.29, 0.717) is 36.0 Å². The Bertz CT molecular complexity index is 1300. The highest BCUT2D eigenvalue weighted by atomic mass is 32.2. The highest BCUT2D eigenvalue weighted by Crippen LogP contribution is 2.37. The van der Waals surface area contributed by atoms with Crippen LogP contribution in [0.4, 0.5) is 5.88 Å². The molecule has 9 heteroatoms. The number of fused-ring (bicyclic) bond motifs is 1. The molecule has 0 saturated carbocycles. The number of hydrogen-bond acceptors (Lipinski definition) is 8. The minimum absolute atomic E-state index is 0.0325. The first-order chi connectivity index (χ1) is 15.1. The van der Waals surface area contributed by atoms with E-state index in [-0.39, 0.29) is 28.2 Å². The van der Waals surface area contributed by atoms with Crippen molar-refractivity contribution in [3.05, 3.63) is 72.7 Å². The molecule has 0 saturated heterocycles. The number of benzene rings is 2. The first kappa shape index (κ1) is 19.3. The summed E-state index contributed by atoms with van der Waals surface area (Å²) in [5.74, 6) is 1.74. The zero-order valence-corrected chi connectivity index (χ0v) is 17.1. The monoisotopic (exact) mass is 438 g/mol. The van der Waals surface area contributed by atoms with Crippen molar-refractivity contribution in [2.45, 2.75) is 16.5 Å². The molecule has 0 unspecified atom stereocenters. The van der Waals surface area contributed by atoms with Gasteiger partial charge in [0, 0.05) is 11.6 Å². The second kappa shape index (κ2) is 7.84. The number of ether oxygens (including phenoxy) is 2. The summed E-state index contributed by atoms with van der Waals surface area (Å²) < 4.78 is 49.1. The Hall–Kier alpha value is -3.72. The van der Waals surface area contributed by atoms with Gasteiger partial charge in [0.05, 0.1) is 17.7 Å². The second-order valence-corrected chi connectivity index (χ2v) is 8.63. The van der Waals surface area contributed by atoms with Gasteiger partial charge >= 0.3 is 0 Å². The van der Waals surface area contributed by atoms with E-state index in [9.17, 15) is 8.42 Å². The number of nitrogens with zero attached hydrogens (tertiary/aromatic N) is 1. The first-order valence-corrected chi connectivity index (χ1v) is 11.1. The summed E-state index contributed by atoms with van der Waals surface area (Å²) in [6.07, 6.45) is 1.54. The Kier molecular flexibility index (Phi) is 4.87. The van der Waals surface area contributed by atoms with Gasteiger partial charge in [-0.25, -0.2) is 8.42 Å². The maximum atomic E-state index is 13.5. The van der Waals surface area contributed by atoms with Crippen LogP contribution < -0.4 is 14.8 Å². The molecule has 2 aromatic heterocycles. The van der Waals surface area contributed by atoms with Crippen molar-refractivity contribution in [3.63, 3.8) is 0 Å². The minimum atomic E-state index is -4.01. The summed E-state index contributed by atoms with van der Waals surface area (Å²) in [5, 5.41) is 2.77. The number of nitrogens with one attached hydrogen (secondary N) is 1. The lowest BCUT2D eigenvalue weighted by molar-refractivity contribution is 0.171. The predicted octanol–water partition coefficient (Wildman–Crippen LogP) is 4.15. The highest BCUT2D eigenvalue weighted by molar-refractivity contribution is 7.91. The lowest BCUT2D eigenvalue weighted by Gasteiger charge is -2.18. The number of rotatable bonds is 6. The third-order valence-corrected chi connectivity index (χ3v) is 6.36. The molecule has 0 spiro atoms. The summed E-state index contributed by atoms with van der Waals surface area (Å²) in [5.41, 5.74) is 0.659. The van der Waals surface area contributed by atoms with Gasteiger partial charge in [-0.05, 0) is 36.4 Å². The molecule has 0 bridgehead atoms. The molecule has 4 aromatic rings. The molecular formula is C22H18N2O6S. The molecule has 0 aliphatic carbocycles. The highest BCUT2D eigenvalue weighted by Gasteiger charge is 2.30. The van der Waals surface area contributed by atoms with Gasteiger partial charge < -0.3 is 23.6 Å². The maximum absolute atomic E-state index is 13.5. The van der Waals surface area contributed by atoms with Crippen LogP contribution in [0.5, 0.6) is 11.5 Å². The van der Waals surface area contributed by atoms with Crippen molar-refractivity contribution in [2.24, 2.45) is 0 Å². The summed E-state index contributed by atoms with van der Waals surface area (Å²) >= 11 is 0. The SMILES string of the molecule is O=S(=O)(c1ccc2c(c1)OCCO2)c1nc(-c2ccccc2)oc1NCc1ccco1. The second-order valence-electron chi connectivity index (χ2n) is 6.76. The van der Waals surface area contributed by atoms with Crippen LogP contribution in [-0.4, -0.2) is 26.6 Å². The lowest BCUT2D eigenvalue weighted by atomic mass is 10.2. The van der Waals surface area contributed by atoms with Gasteiger partial charge in [-0.2, -0.15) is 4.98 Å². The molecule has 5 rings (SSSR count). The zero-order chi connectivity index (χ0) is 21.3. The van der Waals surface area contributed by atoms with Crippen LogP contribution in [0.25, 0.3) is 11.5 Å². The Labute approximate surface area is 178 Å². The summed E-state index contributed by atoms with van der Waals surface area (Å²) in [7, 11) is -4.01. The average molecular weight is 438 g/mol. The lowest BCUT2D eigenvalue weighted by Crippen LogP contribution is -2.16. The summed E-state index contributed by atoms with van der Waals surface area (Å²) in [6, 6.07) is 17.1. The fraction of sp³-hybridized carbons (Fsp3) is 0.136. The van der Waals surface area contributed by atoms with Crippen LogP contribution in [0, 0.1) is 0 Å². The molecule has 0 fully saturated rings. The Morgan fingerprint density at radius 3 is 2.52 bits per heavy atom. The largest absolute Gasteiger partial charge is 0.486 e. The van der Waals surface area contributed by atoms with Crippen LogP contribution in [-0.2, 0) is 16.4 Å². The molecule has 31 heavy (non-hydrogen) atoms. The summed E-state index contributed by atoms with van der Waals surface area (Å²) in [4.78, 5) is 4.35. The van der Waals surface area contributed by atoms with E-state index < -0.39 is 9.84 Å². The van der Waals surface area contributed by atoms with E-state index in [0.717, 1.165) is 0 Å². The normalized spacial score (nSPS) is 13.2. The first-order valence-electron chi connectivity index (χ1n) is 9.58. The van der Waals surface area contributed by atoms with E-state index in [1.54, 1.807) is 36.6 Å². The molecular weight excluding hydrogens is 420 g/mol. The predicted molar refractivity (Wildman–Crippen MR) is 111 cm³/mol. The van der Waals surface area contributed by atoms with E-state index >= 15 is 0 Å². The van der Waals surface area contributed by atoms with Gasteiger partial charge in [0.15, 0.2) is 11.5 Å². The standard InChI is InChI=1S/C22H18N2O6S/c25-31(26,17-8-9-18-19(13-17)29-12-11-28-18)22-21(23-14-16-7-4-10-27-16)30-20(24-22)15-5-2-1-3-6-15/h1-10,13,23H,11-12,14H2. The summed E-state index contributed by atoms with van der Waals surface area (Å²) in [6.45, 7) is 1.01. The van der Waals surface area contributed by atoms with Gasteiger partial charge in [-0.15, -0.1) is 0 Å². The van der Waals surface area contributed by atoms with Crippen LogP contribution >= 0.6 is 0 Å². The third-order valence-electron chi connectivity index (χ3n) is 4.70. The molecule has 2 aromatic carbocycles. The van der Waals surface area contributed by atoms with Crippen LogP contribution in [0.15, 0.2) is 85.7 Å². The van der Waals surface area contributed by atoms with Gasteiger partial charge in [0.2, 0.25) is 26.6 Å². The molecule has 1 aliphatic rings. The van der Waals surface area contributed by atoms with Crippen molar-refractivity contribution < 1.29 is 26.7 Å². The Morgan fingerprint density at radius 2 is 1.74 bits per heavy atom. The quantitative estimate of drug-likeness (QED) is 0.479. The molecule has 0 atom stereocenters. The zero-order valence-electron chi connectivity index (χ0n) is 16.3.